The highest BCUT2D eigenvalue weighted by Crippen LogP contribution is 2.40. The van der Waals surface area contributed by atoms with E-state index in [0.29, 0.717) is 11.5 Å². The number of phenols is 2. The number of rotatable bonds is 9. The van der Waals surface area contributed by atoms with Crippen LogP contribution in [-0.4, -0.2) is 28.9 Å². The van der Waals surface area contributed by atoms with E-state index in [-0.39, 0.29) is 23.4 Å². The number of para-hydroxylation sites is 1. The molecular weight excluding hydrogens is 909 g/mol. The van der Waals surface area contributed by atoms with Crippen LogP contribution in [0.5, 0.6) is 51.7 Å². The normalized spacial score (nSPS) is 13.7. The van der Waals surface area contributed by atoms with E-state index in [4.69, 9.17) is 18.9 Å². The van der Waals surface area contributed by atoms with Crippen molar-refractivity contribution in [3.05, 3.63) is 192 Å². The van der Waals surface area contributed by atoms with Crippen LogP contribution in [0, 0.1) is 94.9 Å². The van der Waals surface area contributed by atoms with Gasteiger partial charge in [0.15, 0.2) is 11.6 Å². The van der Waals surface area contributed by atoms with Crippen LogP contribution in [0.3, 0.4) is 0 Å². The number of allylic oxidation sites excluding steroid dienone is 8. The summed E-state index contributed by atoms with van der Waals surface area (Å²) in [7, 11) is 1.69. The number of carbonyl (C=O) groups is 2. The minimum Gasteiger partial charge on any atom is -0.507 e. The fourth-order valence-corrected chi connectivity index (χ4v) is 9.73. The maximum absolute atomic E-state index is 11.7. The zero-order valence-corrected chi connectivity index (χ0v) is 45.8. The van der Waals surface area contributed by atoms with Gasteiger partial charge in [-0.3, -0.25) is 9.59 Å². The van der Waals surface area contributed by atoms with Crippen LogP contribution in [0.2, 0.25) is 0 Å². The summed E-state index contributed by atoms with van der Waals surface area (Å²) in [4.78, 5) is 23.4. The van der Waals surface area contributed by atoms with E-state index >= 15 is 0 Å². The second kappa shape index (κ2) is 22.9. The Balaban J connectivity index is 0.000000201. The molecule has 0 radical (unpaired) electrons. The molecule has 0 aromatic heterocycles. The van der Waals surface area contributed by atoms with E-state index in [1.165, 1.54) is 0 Å². The van der Waals surface area contributed by atoms with Gasteiger partial charge in [-0.2, -0.15) is 0 Å². The highest BCUT2D eigenvalue weighted by atomic mass is 16.5. The van der Waals surface area contributed by atoms with E-state index in [1.54, 1.807) is 7.11 Å². The second-order valence-corrected chi connectivity index (χ2v) is 20.0. The van der Waals surface area contributed by atoms with E-state index in [2.05, 4.69) is 52.0 Å². The van der Waals surface area contributed by atoms with Crippen molar-refractivity contribution in [1.82, 2.24) is 0 Å². The smallest absolute Gasteiger partial charge is 0.183 e. The standard InChI is InChI=1S/C33H36O4.2C16H18O2/c1-18-14-28(15-19(2)30(18)34)36-32-20(3)10-26(11-21(32)4)27-12-22(5)33(23(6)13-27)37-29-16-24(7)31(35-9)25(8)17-29;1-9-5-13(6-10(2)15(9)17)14-7-11(3)16(18)12(4)8-14;1-10-6-5-7-11(2)16(10)18-14-8-12(3)15(17)13(4)9-14/h10-17,34H,1-9H3;5-8,13-14H,1-4H3;5-9,17H,1-4H3. The highest BCUT2D eigenvalue weighted by Gasteiger charge is 2.26. The lowest BCUT2D eigenvalue weighted by Gasteiger charge is -2.24. The molecule has 2 N–H and O–H groups in total. The molecule has 73 heavy (non-hydrogen) atoms. The lowest BCUT2D eigenvalue weighted by molar-refractivity contribution is -0.113. The minimum absolute atomic E-state index is 0.125. The first-order valence-corrected chi connectivity index (χ1v) is 24.8. The molecule has 0 fully saturated rings. The summed E-state index contributed by atoms with van der Waals surface area (Å²) in [5.74, 6) is 7.06. The van der Waals surface area contributed by atoms with Crippen LogP contribution in [-0.2, 0) is 9.59 Å². The van der Waals surface area contributed by atoms with E-state index in [9.17, 15) is 19.8 Å². The summed E-state index contributed by atoms with van der Waals surface area (Å²) >= 11 is 0. The Morgan fingerprint density at radius 2 is 0.589 bits per heavy atom. The molecule has 8 nitrogen and oxygen atoms in total. The van der Waals surface area contributed by atoms with Gasteiger partial charge in [0, 0.05) is 11.8 Å². The zero-order valence-electron chi connectivity index (χ0n) is 45.8. The number of hydrogen-bond donors (Lipinski definition) is 2. The molecule has 380 valence electrons. The first-order valence-electron chi connectivity index (χ1n) is 24.8. The van der Waals surface area contributed by atoms with Crippen molar-refractivity contribution >= 4 is 11.6 Å². The Hall–Kier alpha value is -7.58. The molecule has 8 heteroatoms. The van der Waals surface area contributed by atoms with E-state index in [1.807, 2.05) is 162 Å². The van der Waals surface area contributed by atoms with Crippen molar-refractivity contribution in [2.24, 2.45) is 11.8 Å². The first-order chi connectivity index (χ1) is 34.4. The third-order valence-electron chi connectivity index (χ3n) is 13.5. The molecule has 8 rings (SSSR count). The van der Waals surface area contributed by atoms with Gasteiger partial charge < -0.3 is 29.2 Å². The van der Waals surface area contributed by atoms with Crippen LogP contribution >= 0.6 is 0 Å². The maximum Gasteiger partial charge on any atom is 0.183 e. The quantitative estimate of drug-likeness (QED) is 0.147. The summed E-state index contributed by atoms with van der Waals surface area (Å²) in [6.07, 6.45) is 8.01. The second-order valence-electron chi connectivity index (χ2n) is 20.0. The predicted molar refractivity (Wildman–Crippen MR) is 297 cm³/mol. The number of aryl methyl sites for hydroxylation is 12. The van der Waals surface area contributed by atoms with Gasteiger partial charge in [-0.15, -0.1) is 0 Å². The molecule has 2 aliphatic rings. The lowest BCUT2D eigenvalue weighted by atomic mass is 9.79. The van der Waals surface area contributed by atoms with E-state index < -0.39 is 0 Å². The summed E-state index contributed by atoms with van der Waals surface area (Å²) in [5, 5.41) is 19.8. The number of methoxy groups -OCH3 is 1. The number of benzene rings is 6. The van der Waals surface area contributed by atoms with Crippen molar-refractivity contribution in [3.8, 4) is 62.9 Å². The summed E-state index contributed by atoms with van der Waals surface area (Å²) < 4.78 is 24.1. The average Bonchev–Trinajstić information content (AvgIpc) is 3.31. The fraction of sp³-hybridized carbons (Fsp3) is 0.292. The van der Waals surface area contributed by atoms with Crippen molar-refractivity contribution in [1.29, 1.82) is 0 Å². The van der Waals surface area contributed by atoms with Gasteiger partial charge in [0.1, 0.15) is 51.7 Å². The lowest BCUT2D eigenvalue weighted by Crippen LogP contribution is -2.20. The molecule has 0 saturated heterocycles. The minimum atomic E-state index is 0.125. The topological polar surface area (TPSA) is 112 Å². The molecule has 0 heterocycles. The Morgan fingerprint density at radius 1 is 0.342 bits per heavy atom. The van der Waals surface area contributed by atoms with Gasteiger partial charge in [0.05, 0.1) is 7.11 Å². The largest absolute Gasteiger partial charge is 0.507 e. The molecule has 0 atom stereocenters. The van der Waals surface area contributed by atoms with Crippen LogP contribution < -0.4 is 18.9 Å². The summed E-state index contributed by atoms with van der Waals surface area (Å²) in [6.45, 7) is 31.4. The SMILES string of the molecule is CC1=CC(C2C=C(C)C(=O)C(C)=C2)C=C(C)C1=O.COc1c(C)cc(Oc2c(C)cc(-c3cc(C)c(Oc4cc(C)c(O)c(C)c4)c(C)c3)cc2C)cc1C.Cc1cc(Oc2c(C)cccc2C)cc(C)c1O. The van der Waals surface area contributed by atoms with Gasteiger partial charge >= 0.3 is 0 Å². The molecule has 2 aliphatic carbocycles. The van der Waals surface area contributed by atoms with Crippen LogP contribution in [0.4, 0.5) is 0 Å². The Labute approximate surface area is 433 Å². The number of aromatic hydroxyl groups is 2. The Kier molecular flexibility index (Phi) is 17.2. The van der Waals surface area contributed by atoms with Crippen molar-refractivity contribution in [2.45, 2.75) is 111 Å². The van der Waals surface area contributed by atoms with E-state index in [0.717, 1.165) is 140 Å². The van der Waals surface area contributed by atoms with Crippen LogP contribution in [0.15, 0.2) is 125 Å². The molecule has 6 aromatic rings. The van der Waals surface area contributed by atoms with Gasteiger partial charge in [-0.05, 0) is 272 Å². The first kappa shape index (κ1) is 54.7. The number of Topliss-reactive ketones (excluding diaryl/α,β-unsaturated/α-hetero) is 2. The molecule has 0 saturated carbocycles. The highest BCUT2D eigenvalue weighted by molar-refractivity contribution is 6.09. The molecule has 6 aromatic carbocycles. The van der Waals surface area contributed by atoms with Crippen molar-refractivity contribution in [3.63, 3.8) is 0 Å². The molecule has 0 bridgehead atoms. The van der Waals surface area contributed by atoms with Crippen LogP contribution in [0.1, 0.15) is 94.5 Å². The molecular formula is C65H72O8. The van der Waals surface area contributed by atoms with Gasteiger partial charge in [0.25, 0.3) is 0 Å². The Bertz CT molecular complexity index is 3040. The monoisotopic (exact) mass is 981 g/mol. The number of ether oxygens (including phenoxy) is 4. The van der Waals surface area contributed by atoms with Crippen LogP contribution in [0.25, 0.3) is 11.1 Å². The molecule has 0 amide bonds. The van der Waals surface area contributed by atoms with Gasteiger partial charge in [0.2, 0.25) is 0 Å². The summed E-state index contributed by atoms with van der Waals surface area (Å²) in [6, 6.07) is 26.2. The number of hydrogen-bond acceptors (Lipinski definition) is 8. The number of phenolic OH excluding ortho intramolecular Hbond substituents is 2. The maximum atomic E-state index is 11.7. The van der Waals surface area contributed by atoms with Crippen molar-refractivity contribution < 1.29 is 38.7 Å². The third-order valence-corrected chi connectivity index (χ3v) is 13.5. The third kappa shape index (κ3) is 12.7. The molecule has 0 unspecified atom stereocenters. The number of carbonyl (C=O) groups excluding carboxylic acids is 2. The van der Waals surface area contributed by atoms with Gasteiger partial charge in [-0.1, -0.05) is 42.5 Å². The number of ketones is 2. The van der Waals surface area contributed by atoms with Crippen molar-refractivity contribution in [2.75, 3.05) is 7.11 Å². The molecule has 0 aliphatic heterocycles. The average molecular weight is 981 g/mol. The van der Waals surface area contributed by atoms with Gasteiger partial charge in [-0.25, -0.2) is 0 Å². The zero-order chi connectivity index (χ0) is 53.7. The predicted octanol–water partition coefficient (Wildman–Crippen LogP) is 16.7. The fourth-order valence-electron chi connectivity index (χ4n) is 9.73. The molecule has 0 spiro atoms. The summed E-state index contributed by atoms with van der Waals surface area (Å²) in [5.41, 5.74) is 17.3. The Morgan fingerprint density at radius 3 is 0.863 bits per heavy atom.